The first-order valence-electron chi connectivity index (χ1n) is 7.50. The van der Waals surface area contributed by atoms with Crippen molar-refractivity contribution in [2.75, 3.05) is 19.8 Å². The lowest BCUT2D eigenvalue weighted by Crippen LogP contribution is -2.44. The van der Waals surface area contributed by atoms with E-state index in [4.69, 9.17) is 9.47 Å². The van der Waals surface area contributed by atoms with Gasteiger partial charge < -0.3 is 9.47 Å². The summed E-state index contributed by atoms with van der Waals surface area (Å²) in [5.74, 6) is -1.70. The minimum absolute atomic E-state index is 0.0450. The van der Waals surface area contributed by atoms with E-state index in [9.17, 15) is 9.59 Å². The molecular weight excluding hydrogens is 294 g/mol. The largest absolute Gasteiger partial charge is 0.342 e. The second kappa shape index (κ2) is 5.30. The molecule has 0 atom stereocenters. The first-order chi connectivity index (χ1) is 11.2. The number of imide groups is 1. The molecule has 5 nitrogen and oxygen atoms in total. The van der Waals surface area contributed by atoms with Gasteiger partial charge in [0.1, 0.15) is 0 Å². The molecule has 116 valence electrons. The van der Waals surface area contributed by atoms with Crippen LogP contribution in [0.25, 0.3) is 0 Å². The van der Waals surface area contributed by atoms with Crippen LogP contribution in [0.3, 0.4) is 0 Å². The highest BCUT2D eigenvalue weighted by atomic mass is 16.7. The maximum absolute atomic E-state index is 12.6. The van der Waals surface area contributed by atoms with E-state index >= 15 is 0 Å². The second-order valence-electron chi connectivity index (χ2n) is 5.56. The van der Waals surface area contributed by atoms with Gasteiger partial charge in [-0.05, 0) is 12.1 Å². The number of benzene rings is 2. The van der Waals surface area contributed by atoms with Crippen LogP contribution in [0.15, 0.2) is 54.6 Å². The van der Waals surface area contributed by atoms with E-state index in [1.807, 2.05) is 30.3 Å². The zero-order valence-electron chi connectivity index (χ0n) is 12.4. The van der Waals surface area contributed by atoms with Crippen LogP contribution in [0.2, 0.25) is 0 Å². The average molecular weight is 309 g/mol. The molecule has 0 saturated carbocycles. The van der Waals surface area contributed by atoms with E-state index in [0.717, 1.165) is 5.56 Å². The smallest absolute Gasteiger partial charge is 0.261 e. The Bertz CT molecular complexity index is 731. The van der Waals surface area contributed by atoms with Crippen molar-refractivity contribution in [2.24, 2.45) is 0 Å². The van der Waals surface area contributed by atoms with Crippen molar-refractivity contribution in [2.45, 2.75) is 5.79 Å². The number of fused-ring (bicyclic) bond motifs is 1. The van der Waals surface area contributed by atoms with Crippen molar-refractivity contribution in [3.63, 3.8) is 0 Å². The summed E-state index contributed by atoms with van der Waals surface area (Å²) in [4.78, 5) is 26.3. The van der Waals surface area contributed by atoms with Gasteiger partial charge in [0.2, 0.25) is 5.79 Å². The molecule has 0 spiro atoms. The molecule has 2 amide bonds. The first-order valence-corrected chi connectivity index (χ1v) is 7.50. The number of rotatable bonds is 3. The molecule has 2 aliphatic rings. The lowest BCUT2D eigenvalue weighted by molar-refractivity contribution is -0.171. The number of hydrogen-bond acceptors (Lipinski definition) is 4. The fraction of sp³-hybridized carbons (Fsp3) is 0.222. The fourth-order valence-corrected chi connectivity index (χ4v) is 3.09. The molecule has 0 unspecified atom stereocenters. The van der Waals surface area contributed by atoms with Gasteiger partial charge in [-0.2, -0.15) is 0 Å². The van der Waals surface area contributed by atoms with Gasteiger partial charge in [0.25, 0.3) is 11.8 Å². The molecule has 4 rings (SSSR count). The summed E-state index contributed by atoms with van der Waals surface area (Å²) < 4.78 is 11.6. The number of carbonyl (C=O) groups excluding carboxylic acids is 2. The van der Waals surface area contributed by atoms with Crippen LogP contribution < -0.4 is 0 Å². The van der Waals surface area contributed by atoms with Gasteiger partial charge >= 0.3 is 0 Å². The lowest BCUT2D eigenvalue weighted by Gasteiger charge is -2.31. The zero-order chi connectivity index (χ0) is 15.9. The van der Waals surface area contributed by atoms with Gasteiger partial charge in [0.15, 0.2) is 0 Å². The Hall–Kier alpha value is -2.50. The van der Waals surface area contributed by atoms with Gasteiger partial charge in [-0.15, -0.1) is 0 Å². The maximum Gasteiger partial charge on any atom is 0.261 e. The molecule has 2 aromatic rings. The third-order valence-electron chi connectivity index (χ3n) is 4.21. The Kier molecular flexibility index (Phi) is 3.25. The molecule has 5 heteroatoms. The number of amides is 2. The molecule has 0 radical (unpaired) electrons. The predicted octanol–water partition coefficient (Wildman–Crippen LogP) is 2.18. The minimum atomic E-state index is -1.09. The van der Waals surface area contributed by atoms with Crippen LogP contribution in [0.5, 0.6) is 0 Å². The summed E-state index contributed by atoms with van der Waals surface area (Å²) in [5.41, 5.74) is 1.66. The summed E-state index contributed by atoms with van der Waals surface area (Å²) in [6.45, 7) is 0.902. The Morgan fingerprint density at radius 2 is 1.35 bits per heavy atom. The number of hydrogen-bond donors (Lipinski definition) is 0. The lowest BCUT2D eigenvalue weighted by atomic mass is 10.1. The molecule has 0 N–H and O–H groups in total. The number of ether oxygens (including phenoxy) is 2. The van der Waals surface area contributed by atoms with Gasteiger partial charge in [0.05, 0.1) is 30.9 Å². The Morgan fingerprint density at radius 3 is 1.91 bits per heavy atom. The molecule has 1 fully saturated rings. The first kappa shape index (κ1) is 14.1. The third-order valence-corrected chi connectivity index (χ3v) is 4.21. The van der Waals surface area contributed by atoms with Crippen molar-refractivity contribution in [3.8, 4) is 0 Å². The van der Waals surface area contributed by atoms with E-state index in [1.54, 1.807) is 24.3 Å². The molecule has 1 saturated heterocycles. The Labute approximate surface area is 133 Å². The quantitative estimate of drug-likeness (QED) is 0.816. The number of nitrogens with zero attached hydrogens (tertiary/aromatic N) is 1. The highest BCUT2D eigenvalue weighted by Crippen LogP contribution is 2.35. The van der Waals surface area contributed by atoms with Crippen molar-refractivity contribution >= 4 is 11.8 Å². The van der Waals surface area contributed by atoms with E-state index in [0.29, 0.717) is 24.3 Å². The SMILES string of the molecule is O=C1c2ccccc2C(=O)N1CC1(c2ccccc2)OCCO1. The molecular formula is C18H15NO4. The summed E-state index contributed by atoms with van der Waals surface area (Å²) in [5, 5.41) is 0. The van der Waals surface area contributed by atoms with Crippen LogP contribution in [-0.2, 0) is 15.3 Å². The van der Waals surface area contributed by atoms with E-state index in [-0.39, 0.29) is 18.4 Å². The van der Waals surface area contributed by atoms with Gasteiger partial charge in [-0.3, -0.25) is 14.5 Å². The van der Waals surface area contributed by atoms with Gasteiger partial charge in [0, 0.05) is 5.56 Å². The van der Waals surface area contributed by atoms with E-state index in [2.05, 4.69) is 0 Å². The van der Waals surface area contributed by atoms with Crippen LogP contribution in [0.4, 0.5) is 0 Å². The summed E-state index contributed by atoms with van der Waals surface area (Å²) in [6, 6.07) is 16.3. The summed E-state index contributed by atoms with van der Waals surface area (Å²) >= 11 is 0. The zero-order valence-corrected chi connectivity index (χ0v) is 12.4. The van der Waals surface area contributed by atoms with Crippen molar-refractivity contribution in [3.05, 3.63) is 71.3 Å². The van der Waals surface area contributed by atoms with E-state index in [1.165, 1.54) is 4.90 Å². The van der Waals surface area contributed by atoms with Crippen LogP contribution in [0.1, 0.15) is 26.3 Å². The standard InChI is InChI=1S/C18H15NO4/c20-16-14-8-4-5-9-15(14)17(21)19(16)12-18(22-10-11-23-18)13-6-2-1-3-7-13/h1-9H,10-12H2. The molecule has 2 heterocycles. The van der Waals surface area contributed by atoms with Gasteiger partial charge in [-0.25, -0.2) is 0 Å². The summed E-state index contributed by atoms with van der Waals surface area (Å²) in [6.07, 6.45) is 0. The Morgan fingerprint density at radius 1 is 0.826 bits per heavy atom. The topological polar surface area (TPSA) is 55.8 Å². The second-order valence-corrected chi connectivity index (χ2v) is 5.56. The van der Waals surface area contributed by atoms with Crippen LogP contribution >= 0.6 is 0 Å². The molecule has 2 aliphatic heterocycles. The molecule has 0 bridgehead atoms. The third kappa shape index (κ3) is 2.17. The minimum Gasteiger partial charge on any atom is -0.342 e. The highest BCUT2D eigenvalue weighted by Gasteiger charge is 2.46. The number of carbonyl (C=O) groups is 2. The van der Waals surface area contributed by atoms with E-state index < -0.39 is 5.79 Å². The van der Waals surface area contributed by atoms with Crippen molar-refractivity contribution in [1.29, 1.82) is 0 Å². The van der Waals surface area contributed by atoms with Crippen LogP contribution in [-0.4, -0.2) is 36.5 Å². The Balaban J connectivity index is 1.70. The molecule has 2 aromatic carbocycles. The van der Waals surface area contributed by atoms with Crippen molar-refractivity contribution in [1.82, 2.24) is 4.90 Å². The predicted molar refractivity (Wildman–Crippen MR) is 81.8 cm³/mol. The average Bonchev–Trinajstić information content (AvgIpc) is 3.17. The highest BCUT2D eigenvalue weighted by molar-refractivity contribution is 6.21. The molecule has 23 heavy (non-hydrogen) atoms. The fourth-order valence-electron chi connectivity index (χ4n) is 3.09. The molecule has 0 aliphatic carbocycles. The van der Waals surface area contributed by atoms with Crippen molar-refractivity contribution < 1.29 is 19.1 Å². The monoisotopic (exact) mass is 309 g/mol. The molecule has 0 aromatic heterocycles. The van der Waals surface area contributed by atoms with Crippen LogP contribution in [0, 0.1) is 0 Å². The normalized spacial score (nSPS) is 19.2. The summed E-state index contributed by atoms with van der Waals surface area (Å²) in [7, 11) is 0. The van der Waals surface area contributed by atoms with Gasteiger partial charge in [-0.1, -0.05) is 42.5 Å². The maximum atomic E-state index is 12.6.